The number of hydrogen-bond acceptors (Lipinski definition) is 5. The number of hydrogen-bond donors (Lipinski definition) is 1. The largest absolute Gasteiger partial charge is 0.381 e. The third kappa shape index (κ3) is 4.63. The molecule has 8 nitrogen and oxygen atoms in total. The van der Waals surface area contributed by atoms with Gasteiger partial charge in [0.15, 0.2) is 0 Å². The van der Waals surface area contributed by atoms with Crippen LogP contribution in [0.25, 0.3) is 16.7 Å². The number of likely N-dealkylation sites (tertiary alicyclic amines) is 1. The number of carbonyl (C=O) groups excluding carboxylic acids is 2. The maximum atomic E-state index is 13.4. The average Bonchev–Trinajstić information content (AvgIpc) is 3.28. The molecule has 0 bridgehead atoms. The van der Waals surface area contributed by atoms with Gasteiger partial charge < -0.3 is 15.0 Å². The zero-order valence-electron chi connectivity index (χ0n) is 18.5. The number of rotatable bonds is 4. The minimum absolute atomic E-state index is 0.0307. The number of carbonyl (C=O) groups is 2. The zero-order valence-corrected chi connectivity index (χ0v) is 18.5. The van der Waals surface area contributed by atoms with Gasteiger partial charge in [-0.15, -0.1) is 0 Å². The number of nitrogens with one attached hydrogen (secondary N) is 1. The van der Waals surface area contributed by atoms with Crippen LogP contribution in [0.5, 0.6) is 0 Å². The molecule has 1 N–H and O–H groups in total. The van der Waals surface area contributed by atoms with Crippen LogP contribution in [0.2, 0.25) is 0 Å². The van der Waals surface area contributed by atoms with Gasteiger partial charge in [-0.25, -0.2) is 13.8 Å². The highest BCUT2D eigenvalue weighted by molar-refractivity contribution is 5.97. The highest BCUT2D eigenvalue weighted by atomic mass is 19.3. The number of nitrogens with zero attached hydrogens (tertiary/aromatic N) is 4. The lowest BCUT2D eigenvalue weighted by Gasteiger charge is -2.31. The summed E-state index contributed by atoms with van der Waals surface area (Å²) in [5, 5.41) is 3.67. The number of pyridine rings is 2. The Morgan fingerprint density at radius 1 is 1.09 bits per heavy atom. The molecule has 3 aromatic rings. The molecule has 0 spiro atoms. The Morgan fingerprint density at radius 2 is 1.85 bits per heavy atom. The van der Waals surface area contributed by atoms with E-state index in [1.807, 2.05) is 22.9 Å². The maximum absolute atomic E-state index is 13.4. The van der Waals surface area contributed by atoms with Crippen LogP contribution >= 0.6 is 0 Å². The first-order valence-electron chi connectivity index (χ1n) is 11.4. The number of piperidine rings is 1. The van der Waals surface area contributed by atoms with E-state index in [0.717, 1.165) is 5.39 Å². The van der Waals surface area contributed by atoms with Crippen LogP contribution in [-0.4, -0.2) is 63.5 Å². The van der Waals surface area contributed by atoms with Gasteiger partial charge >= 0.3 is 0 Å². The molecule has 178 valence electrons. The van der Waals surface area contributed by atoms with Crippen molar-refractivity contribution in [2.75, 3.05) is 31.6 Å². The monoisotopic (exact) mass is 469 g/mol. The van der Waals surface area contributed by atoms with Gasteiger partial charge in [0.25, 0.3) is 11.8 Å². The molecule has 5 rings (SSSR count). The van der Waals surface area contributed by atoms with Crippen molar-refractivity contribution in [3.63, 3.8) is 0 Å². The SMILES string of the molecule is O=C(Nc1cncc(-n2ccc3cc(C(=O)N4CCC(F)(F)CC4)cnc32)c1)C1CCOCC1. The summed E-state index contributed by atoms with van der Waals surface area (Å²) in [6.07, 6.45) is 7.31. The zero-order chi connectivity index (χ0) is 23.7. The van der Waals surface area contributed by atoms with Crippen LogP contribution in [0.4, 0.5) is 14.5 Å². The molecule has 0 radical (unpaired) electrons. The van der Waals surface area contributed by atoms with Gasteiger partial charge in [0.05, 0.1) is 29.3 Å². The summed E-state index contributed by atoms with van der Waals surface area (Å²) >= 11 is 0. The topological polar surface area (TPSA) is 89.4 Å². The quantitative estimate of drug-likeness (QED) is 0.630. The standard InChI is InChI=1S/C24H25F2N5O3/c25-24(26)4-7-30(8-5-24)23(33)18-11-17-1-6-31(21(17)28-13-18)20-12-19(14-27-15-20)29-22(32)16-2-9-34-10-3-16/h1,6,11-16H,2-5,7-10H2,(H,29,32). The first kappa shape index (κ1) is 22.4. The van der Waals surface area contributed by atoms with Crippen molar-refractivity contribution in [3.8, 4) is 5.69 Å². The second-order valence-corrected chi connectivity index (χ2v) is 8.78. The van der Waals surface area contributed by atoms with E-state index in [0.29, 0.717) is 48.6 Å². The number of alkyl halides is 2. The minimum Gasteiger partial charge on any atom is -0.381 e. The fourth-order valence-corrected chi connectivity index (χ4v) is 4.40. The number of ether oxygens (including phenoxy) is 1. The molecule has 0 saturated carbocycles. The summed E-state index contributed by atoms with van der Waals surface area (Å²) in [6.45, 7) is 1.24. The van der Waals surface area contributed by atoms with E-state index in [4.69, 9.17) is 4.74 Å². The van der Waals surface area contributed by atoms with E-state index in [1.165, 1.54) is 11.1 Å². The number of halogens is 2. The number of amides is 2. The van der Waals surface area contributed by atoms with Crippen molar-refractivity contribution < 1.29 is 23.1 Å². The summed E-state index contributed by atoms with van der Waals surface area (Å²) in [5.41, 5.74) is 2.29. The van der Waals surface area contributed by atoms with Crippen LogP contribution in [0.15, 0.2) is 43.0 Å². The third-order valence-electron chi connectivity index (χ3n) is 6.42. The fourth-order valence-electron chi connectivity index (χ4n) is 4.40. The summed E-state index contributed by atoms with van der Waals surface area (Å²) in [4.78, 5) is 35.5. The Balaban J connectivity index is 1.33. The van der Waals surface area contributed by atoms with Gasteiger partial charge in [-0.05, 0) is 31.0 Å². The second-order valence-electron chi connectivity index (χ2n) is 8.78. The second kappa shape index (κ2) is 9.09. The molecule has 2 fully saturated rings. The lowest BCUT2D eigenvalue weighted by atomic mass is 9.99. The summed E-state index contributed by atoms with van der Waals surface area (Å²) in [6, 6.07) is 5.37. The molecule has 34 heavy (non-hydrogen) atoms. The lowest BCUT2D eigenvalue weighted by molar-refractivity contribution is -0.122. The highest BCUT2D eigenvalue weighted by Gasteiger charge is 2.35. The van der Waals surface area contributed by atoms with Crippen molar-refractivity contribution in [3.05, 3.63) is 48.5 Å². The number of anilines is 1. The van der Waals surface area contributed by atoms with Crippen molar-refractivity contribution in [1.29, 1.82) is 0 Å². The molecular formula is C24H25F2N5O3. The molecule has 2 aliphatic rings. The van der Waals surface area contributed by atoms with E-state index in [-0.39, 0.29) is 43.7 Å². The molecule has 3 aromatic heterocycles. The van der Waals surface area contributed by atoms with E-state index in [2.05, 4.69) is 15.3 Å². The molecule has 2 aliphatic heterocycles. The first-order chi connectivity index (χ1) is 16.4. The Morgan fingerprint density at radius 3 is 2.62 bits per heavy atom. The molecule has 0 atom stereocenters. The van der Waals surface area contributed by atoms with Crippen molar-refractivity contribution in [2.24, 2.45) is 5.92 Å². The van der Waals surface area contributed by atoms with E-state index < -0.39 is 5.92 Å². The van der Waals surface area contributed by atoms with Crippen LogP contribution in [-0.2, 0) is 9.53 Å². The lowest BCUT2D eigenvalue weighted by Crippen LogP contribution is -2.42. The normalized spacial score (nSPS) is 18.7. The van der Waals surface area contributed by atoms with Crippen LogP contribution in [0, 0.1) is 5.92 Å². The van der Waals surface area contributed by atoms with Crippen LogP contribution in [0.1, 0.15) is 36.0 Å². The molecule has 2 saturated heterocycles. The third-order valence-corrected chi connectivity index (χ3v) is 6.42. The summed E-state index contributed by atoms with van der Waals surface area (Å²) in [7, 11) is 0. The Hall–Kier alpha value is -3.40. The van der Waals surface area contributed by atoms with Crippen LogP contribution in [0.3, 0.4) is 0 Å². The van der Waals surface area contributed by atoms with Crippen LogP contribution < -0.4 is 5.32 Å². The Kier molecular flexibility index (Phi) is 5.99. The van der Waals surface area contributed by atoms with Gasteiger partial charge in [-0.3, -0.25) is 19.1 Å². The van der Waals surface area contributed by atoms with Gasteiger partial charge in [-0.1, -0.05) is 0 Å². The first-order valence-corrected chi connectivity index (χ1v) is 11.4. The molecule has 10 heteroatoms. The minimum atomic E-state index is -2.71. The molecular weight excluding hydrogens is 444 g/mol. The van der Waals surface area contributed by atoms with Gasteiger partial charge in [0.2, 0.25) is 5.91 Å². The molecule has 2 amide bonds. The highest BCUT2D eigenvalue weighted by Crippen LogP contribution is 2.29. The summed E-state index contributed by atoms with van der Waals surface area (Å²) < 4.78 is 34.0. The summed E-state index contributed by atoms with van der Waals surface area (Å²) in [5.74, 6) is -3.12. The van der Waals surface area contributed by atoms with E-state index >= 15 is 0 Å². The van der Waals surface area contributed by atoms with E-state index in [9.17, 15) is 18.4 Å². The average molecular weight is 469 g/mol. The van der Waals surface area contributed by atoms with E-state index in [1.54, 1.807) is 18.5 Å². The molecule has 0 aliphatic carbocycles. The Labute approximate surface area is 194 Å². The fraction of sp³-hybridized carbons (Fsp3) is 0.417. The Bertz CT molecular complexity index is 1210. The van der Waals surface area contributed by atoms with Crippen molar-refractivity contribution >= 4 is 28.5 Å². The van der Waals surface area contributed by atoms with Gasteiger partial charge in [0.1, 0.15) is 5.65 Å². The maximum Gasteiger partial charge on any atom is 0.255 e. The van der Waals surface area contributed by atoms with Crippen molar-refractivity contribution in [2.45, 2.75) is 31.6 Å². The smallest absolute Gasteiger partial charge is 0.255 e. The molecule has 0 unspecified atom stereocenters. The molecule has 0 aromatic carbocycles. The molecule has 5 heterocycles. The van der Waals surface area contributed by atoms with Gasteiger partial charge in [0, 0.05) is 62.8 Å². The van der Waals surface area contributed by atoms with Crippen molar-refractivity contribution in [1.82, 2.24) is 19.4 Å². The predicted octanol–water partition coefficient (Wildman–Crippen LogP) is 3.66. The van der Waals surface area contributed by atoms with Gasteiger partial charge in [-0.2, -0.15) is 0 Å². The number of fused-ring (bicyclic) bond motifs is 1. The predicted molar refractivity (Wildman–Crippen MR) is 121 cm³/mol. The number of aromatic nitrogens is 3.